The van der Waals surface area contributed by atoms with E-state index in [2.05, 4.69) is 76.9 Å². The number of benzene rings is 2. The van der Waals surface area contributed by atoms with Crippen LogP contribution in [0.15, 0.2) is 54.6 Å². The molecule has 2 aromatic heterocycles. The molecular weight excluding hydrogens is 674 g/mol. The second-order valence-corrected chi connectivity index (χ2v) is 14.4. The second kappa shape index (κ2) is 17.6. The van der Waals surface area contributed by atoms with Crippen LogP contribution in [0.4, 0.5) is 17.3 Å². The number of aryl methyl sites for hydroxylation is 6. The maximum absolute atomic E-state index is 10.6. The van der Waals surface area contributed by atoms with Gasteiger partial charge in [0.05, 0.1) is 22.5 Å². The van der Waals surface area contributed by atoms with E-state index in [4.69, 9.17) is 4.98 Å². The first-order valence-corrected chi connectivity index (χ1v) is 15.5. The maximum Gasteiger partial charge on any atom is 2.00 e. The Balaban J connectivity index is 0.000000873. The molecule has 0 aliphatic heterocycles. The first-order chi connectivity index (χ1) is 20.7. The molecule has 8 heteroatoms. The van der Waals surface area contributed by atoms with Crippen molar-refractivity contribution in [2.75, 3.05) is 29.1 Å². The van der Waals surface area contributed by atoms with Crippen molar-refractivity contribution in [1.29, 1.82) is 0 Å². The Bertz CT molecular complexity index is 1610. The number of hydroxylamine groups is 2. The van der Waals surface area contributed by atoms with Gasteiger partial charge < -0.3 is 19.8 Å². The Morgan fingerprint density at radius 2 is 0.917 bits per heavy atom. The summed E-state index contributed by atoms with van der Waals surface area (Å²) in [5.41, 5.74) is 11.6. The fraction of sp³-hybridized carbons (Fsp3) is 0.400. The van der Waals surface area contributed by atoms with Crippen LogP contribution in [-0.2, 0) is 26.2 Å². The summed E-state index contributed by atoms with van der Waals surface area (Å²) in [6.07, 6.45) is 0. The molecule has 0 amide bonds. The quantitative estimate of drug-likeness (QED) is 0.156. The molecule has 0 radical (unpaired) electrons. The van der Waals surface area contributed by atoms with Crippen molar-refractivity contribution in [3.8, 4) is 22.5 Å². The molecule has 2 heterocycles. The number of anilines is 3. The van der Waals surface area contributed by atoms with Crippen molar-refractivity contribution >= 4 is 17.3 Å². The van der Waals surface area contributed by atoms with Crippen LogP contribution in [0.2, 0.25) is 0 Å². The van der Waals surface area contributed by atoms with Gasteiger partial charge in [0.15, 0.2) is 11.6 Å². The summed E-state index contributed by atoms with van der Waals surface area (Å²) < 4.78 is 0. The monoisotopic (exact) mass is 731 g/mol. The van der Waals surface area contributed by atoms with Gasteiger partial charge in [-0.3, -0.25) is 10.4 Å². The zero-order chi connectivity index (χ0) is 34.0. The number of hydrogen-bond acceptors (Lipinski definition) is 7. The van der Waals surface area contributed by atoms with E-state index in [1.54, 1.807) is 0 Å². The number of rotatable bonds is 5. The standard InChI is InChI=1S/C20H29N3O.C18H24N2O.2CH3.Zr/c1-13-9-14(2)19(15(3)10-13)17-11-16(22(7)8)12-18(21-17)23(24)20(4,5)6;1-12-10-13(2)17(14(3)11-12)15-8-7-9-16(19-15)20(21)18(4,5)6;;;/h9-12,24H,1-8H3;7-11,21H,1-6H3;2*1H3;/q;;2*-1;+2. The summed E-state index contributed by atoms with van der Waals surface area (Å²) in [5, 5.41) is 23.3. The molecule has 2 aromatic carbocycles. The van der Waals surface area contributed by atoms with Crippen molar-refractivity contribution in [3.05, 3.63) is 103 Å². The van der Waals surface area contributed by atoms with Crippen LogP contribution in [0.5, 0.6) is 0 Å². The van der Waals surface area contributed by atoms with Gasteiger partial charge in [-0.15, -0.1) is 0 Å². The SMILES string of the molecule is Cc1cc(C)c(-c2cc(N(C)C)cc(N(O)C(C)(C)C)n2)c(C)c1.Cc1cc(C)c(-c2cccc(N(O)C(C)(C)C)n2)c(C)c1.[CH3-].[CH3-].[Zr+2]. The minimum atomic E-state index is -0.424. The molecule has 0 spiro atoms. The molecule has 2 N–H and O–H groups in total. The molecule has 0 unspecified atom stereocenters. The van der Waals surface area contributed by atoms with Crippen LogP contribution in [0.25, 0.3) is 22.5 Å². The van der Waals surface area contributed by atoms with Crippen molar-refractivity contribution in [3.63, 3.8) is 0 Å². The Morgan fingerprint density at radius 3 is 1.31 bits per heavy atom. The molecule has 0 aliphatic carbocycles. The fourth-order valence-corrected chi connectivity index (χ4v) is 5.53. The molecule has 0 fully saturated rings. The van der Waals surface area contributed by atoms with Crippen LogP contribution < -0.4 is 15.0 Å². The minimum Gasteiger partial charge on any atom is -0.377 e. The molecule has 4 rings (SSSR count). The molecular formula is C40H59N5O2Zr. The van der Waals surface area contributed by atoms with Crippen molar-refractivity contribution in [1.82, 2.24) is 9.97 Å². The molecule has 0 aliphatic rings. The molecule has 0 saturated heterocycles. The van der Waals surface area contributed by atoms with Crippen LogP contribution in [0, 0.1) is 56.4 Å². The van der Waals surface area contributed by atoms with Gasteiger partial charge in [0.1, 0.15) is 0 Å². The fourth-order valence-electron chi connectivity index (χ4n) is 5.53. The van der Waals surface area contributed by atoms with Gasteiger partial charge in [0.2, 0.25) is 0 Å². The molecule has 48 heavy (non-hydrogen) atoms. The van der Waals surface area contributed by atoms with E-state index in [1.807, 2.05) is 84.8 Å². The number of pyridine rings is 2. The predicted molar refractivity (Wildman–Crippen MR) is 203 cm³/mol. The number of hydrogen-bond donors (Lipinski definition) is 2. The first-order valence-electron chi connectivity index (χ1n) is 15.5. The van der Waals surface area contributed by atoms with E-state index >= 15 is 0 Å². The minimum absolute atomic E-state index is 0. The summed E-state index contributed by atoms with van der Waals surface area (Å²) in [6.45, 7) is 24.3. The van der Waals surface area contributed by atoms with E-state index in [1.165, 1.54) is 43.5 Å². The van der Waals surface area contributed by atoms with Gasteiger partial charge in [0, 0.05) is 37.0 Å². The average Bonchev–Trinajstić information content (AvgIpc) is 2.90. The number of nitrogens with zero attached hydrogens (tertiary/aromatic N) is 5. The Morgan fingerprint density at radius 1 is 0.542 bits per heavy atom. The maximum atomic E-state index is 10.6. The van der Waals surface area contributed by atoms with Gasteiger partial charge in [-0.2, -0.15) is 0 Å². The average molecular weight is 733 g/mol. The second-order valence-electron chi connectivity index (χ2n) is 14.4. The summed E-state index contributed by atoms with van der Waals surface area (Å²) in [6, 6.07) is 18.4. The molecule has 7 nitrogen and oxygen atoms in total. The third-order valence-corrected chi connectivity index (χ3v) is 7.62. The zero-order valence-electron chi connectivity index (χ0n) is 32.3. The summed E-state index contributed by atoms with van der Waals surface area (Å²) in [5.74, 6) is 1.13. The van der Waals surface area contributed by atoms with E-state index in [9.17, 15) is 10.4 Å². The van der Waals surface area contributed by atoms with Gasteiger partial charge in [0.25, 0.3) is 0 Å². The van der Waals surface area contributed by atoms with Crippen LogP contribution in [0.3, 0.4) is 0 Å². The van der Waals surface area contributed by atoms with Crippen molar-refractivity contribution in [2.45, 2.75) is 94.2 Å². The molecule has 0 atom stereocenters. The van der Waals surface area contributed by atoms with Crippen LogP contribution >= 0.6 is 0 Å². The van der Waals surface area contributed by atoms with E-state index in [0.717, 1.165) is 28.2 Å². The number of aromatic nitrogens is 2. The predicted octanol–water partition coefficient (Wildman–Crippen LogP) is 10.3. The van der Waals surface area contributed by atoms with E-state index in [0.29, 0.717) is 11.6 Å². The van der Waals surface area contributed by atoms with Gasteiger partial charge >= 0.3 is 26.2 Å². The first kappa shape index (κ1) is 44.9. The zero-order valence-corrected chi connectivity index (χ0v) is 34.8. The van der Waals surface area contributed by atoms with Gasteiger partial charge in [-0.25, -0.2) is 20.1 Å². The molecule has 260 valence electrons. The van der Waals surface area contributed by atoms with Crippen LogP contribution in [-0.4, -0.2) is 45.6 Å². The van der Waals surface area contributed by atoms with Crippen molar-refractivity contribution < 1.29 is 36.6 Å². The van der Waals surface area contributed by atoms with E-state index < -0.39 is 5.54 Å². The molecule has 0 bridgehead atoms. The summed E-state index contributed by atoms with van der Waals surface area (Å²) in [4.78, 5) is 11.4. The smallest absolute Gasteiger partial charge is 0.377 e. The Labute approximate surface area is 311 Å². The Kier molecular flexibility index (Phi) is 16.4. The summed E-state index contributed by atoms with van der Waals surface area (Å²) in [7, 11) is 3.99. The van der Waals surface area contributed by atoms with Gasteiger partial charge in [-0.05, 0) is 124 Å². The van der Waals surface area contributed by atoms with Crippen molar-refractivity contribution in [2.24, 2.45) is 0 Å². The third-order valence-electron chi connectivity index (χ3n) is 7.62. The normalized spacial score (nSPS) is 10.8. The third kappa shape index (κ3) is 11.0. The van der Waals surface area contributed by atoms with Crippen LogP contribution in [0.1, 0.15) is 74.9 Å². The summed E-state index contributed by atoms with van der Waals surface area (Å²) >= 11 is 0. The topological polar surface area (TPSA) is 76.0 Å². The Hall–Kier alpha value is -3.06. The van der Waals surface area contributed by atoms with Gasteiger partial charge in [-0.1, -0.05) is 41.5 Å². The largest absolute Gasteiger partial charge is 2.00 e. The molecule has 4 aromatic rings. The van der Waals surface area contributed by atoms with E-state index in [-0.39, 0.29) is 46.6 Å². The molecule has 0 saturated carbocycles.